The Balaban J connectivity index is 1.89. The average molecular weight is 285 g/mol. The van der Waals surface area contributed by atoms with Crippen LogP contribution in [0.3, 0.4) is 0 Å². The maximum absolute atomic E-state index is 9.27. The van der Waals surface area contributed by atoms with Crippen LogP contribution in [0.5, 0.6) is 0 Å². The van der Waals surface area contributed by atoms with E-state index < -0.39 is 0 Å². The fourth-order valence-corrected chi connectivity index (χ4v) is 3.05. The first-order valence-corrected chi connectivity index (χ1v) is 8.06. The molecule has 3 nitrogen and oxygen atoms in total. The Morgan fingerprint density at radius 1 is 1.19 bits per heavy atom. The van der Waals surface area contributed by atoms with Crippen molar-refractivity contribution in [1.29, 1.82) is 5.26 Å². The molecular weight excluding hydrogens is 258 g/mol. The summed E-state index contributed by atoms with van der Waals surface area (Å²) in [6.07, 6.45) is 2.08. The van der Waals surface area contributed by atoms with Crippen LogP contribution >= 0.6 is 0 Å². The van der Waals surface area contributed by atoms with Gasteiger partial charge in [-0.1, -0.05) is 37.1 Å². The largest absolute Gasteiger partial charge is 0.297 e. The Kier molecular flexibility index (Phi) is 5.78. The summed E-state index contributed by atoms with van der Waals surface area (Å²) in [4.78, 5) is 4.86. The highest BCUT2D eigenvalue weighted by atomic mass is 15.3. The van der Waals surface area contributed by atoms with E-state index in [0.29, 0.717) is 0 Å². The number of aryl methyl sites for hydroxylation is 2. The highest BCUT2D eigenvalue weighted by Crippen LogP contribution is 2.16. The minimum absolute atomic E-state index is 0.109. The van der Waals surface area contributed by atoms with E-state index in [2.05, 4.69) is 54.8 Å². The van der Waals surface area contributed by atoms with Gasteiger partial charge >= 0.3 is 0 Å². The van der Waals surface area contributed by atoms with Crippen LogP contribution in [0.15, 0.2) is 18.2 Å². The van der Waals surface area contributed by atoms with E-state index >= 15 is 0 Å². The molecule has 3 heteroatoms. The normalized spacial score (nSPS) is 18.4. The number of rotatable bonds is 5. The van der Waals surface area contributed by atoms with E-state index in [1.807, 2.05) is 0 Å². The van der Waals surface area contributed by atoms with Crippen LogP contribution in [0.25, 0.3) is 0 Å². The number of hydrogen-bond acceptors (Lipinski definition) is 3. The maximum Gasteiger partial charge on any atom is 0.0978 e. The van der Waals surface area contributed by atoms with Gasteiger partial charge in [0.05, 0.1) is 12.1 Å². The van der Waals surface area contributed by atoms with E-state index in [1.54, 1.807) is 0 Å². The van der Waals surface area contributed by atoms with Gasteiger partial charge in [0.25, 0.3) is 0 Å². The molecule has 0 amide bonds. The molecule has 1 atom stereocenters. The molecule has 114 valence electrons. The van der Waals surface area contributed by atoms with Crippen molar-refractivity contribution < 1.29 is 0 Å². The summed E-state index contributed by atoms with van der Waals surface area (Å²) in [5.41, 5.74) is 4.15. The summed E-state index contributed by atoms with van der Waals surface area (Å²) in [5.74, 6) is 0. The van der Waals surface area contributed by atoms with Gasteiger partial charge < -0.3 is 0 Å². The number of nitrogens with zero attached hydrogens (tertiary/aromatic N) is 3. The third kappa shape index (κ3) is 4.30. The Morgan fingerprint density at radius 2 is 1.90 bits per heavy atom. The quantitative estimate of drug-likeness (QED) is 0.832. The molecule has 2 rings (SSSR count). The third-order valence-electron chi connectivity index (χ3n) is 4.46. The Labute approximate surface area is 129 Å². The number of benzene rings is 1. The summed E-state index contributed by atoms with van der Waals surface area (Å²) in [7, 11) is 0. The maximum atomic E-state index is 9.27. The van der Waals surface area contributed by atoms with Crippen LogP contribution in [0.1, 0.15) is 36.5 Å². The van der Waals surface area contributed by atoms with Gasteiger partial charge in [-0.25, -0.2) is 0 Å². The fraction of sp³-hybridized carbons (Fsp3) is 0.611. The minimum atomic E-state index is 0.109. The van der Waals surface area contributed by atoms with Crippen LogP contribution in [-0.2, 0) is 6.54 Å². The Hall–Kier alpha value is -1.37. The van der Waals surface area contributed by atoms with Crippen LogP contribution in [-0.4, -0.2) is 42.0 Å². The predicted molar refractivity (Wildman–Crippen MR) is 87.1 cm³/mol. The molecule has 1 unspecified atom stereocenters. The minimum Gasteiger partial charge on any atom is -0.297 e. The molecule has 0 aliphatic carbocycles. The third-order valence-corrected chi connectivity index (χ3v) is 4.46. The van der Waals surface area contributed by atoms with Crippen molar-refractivity contribution in [2.24, 2.45) is 0 Å². The van der Waals surface area contributed by atoms with Crippen molar-refractivity contribution in [3.8, 4) is 6.07 Å². The summed E-state index contributed by atoms with van der Waals surface area (Å²) >= 11 is 0. The lowest BCUT2D eigenvalue weighted by Gasteiger charge is -2.37. The molecule has 1 aromatic carbocycles. The molecule has 1 saturated heterocycles. The lowest BCUT2D eigenvalue weighted by atomic mass is 10.0. The van der Waals surface area contributed by atoms with Crippen LogP contribution < -0.4 is 0 Å². The Morgan fingerprint density at radius 3 is 2.52 bits per heavy atom. The topological polar surface area (TPSA) is 30.3 Å². The first-order valence-electron chi connectivity index (χ1n) is 8.06. The second-order valence-electron chi connectivity index (χ2n) is 6.18. The van der Waals surface area contributed by atoms with Crippen molar-refractivity contribution in [3.05, 3.63) is 34.9 Å². The number of nitriles is 1. The smallest absolute Gasteiger partial charge is 0.0978 e. The molecule has 0 spiro atoms. The van der Waals surface area contributed by atoms with Crippen molar-refractivity contribution in [2.75, 3.05) is 26.2 Å². The van der Waals surface area contributed by atoms with E-state index in [4.69, 9.17) is 0 Å². The van der Waals surface area contributed by atoms with Crippen LogP contribution in [0.4, 0.5) is 0 Å². The summed E-state index contributed by atoms with van der Waals surface area (Å²) in [6, 6.07) is 9.27. The molecular formula is C18H27N3. The number of hydrogen-bond donors (Lipinski definition) is 0. The van der Waals surface area contributed by atoms with Crippen molar-refractivity contribution >= 4 is 0 Å². The SMILES string of the molecule is CCCC(C#N)N1CCN(Cc2cc(C)ccc2C)CC1. The van der Waals surface area contributed by atoms with E-state index in [-0.39, 0.29) is 6.04 Å². The van der Waals surface area contributed by atoms with Crippen LogP contribution in [0, 0.1) is 25.2 Å². The zero-order valence-corrected chi connectivity index (χ0v) is 13.6. The standard InChI is InChI=1S/C18H27N3/c1-4-5-18(13-19)21-10-8-20(9-11-21)14-17-12-15(2)6-7-16(17)3/h6-7,12,18H,4-5,8-11,14H2,1-3H3. The van der Waals surface area contributed by atoms with Crippen molar-refractivity contribution in [1.82, 2.24) is 9.80 Å². The average Bonchev–Trinajstić information content (AvgIpc) is 2.49. The molecule has 1 aliphatic heterocycles. The van der Waals surface area contributed by atoms with Gasteiger partial charge in [0.2, 0.25) is 0 Å². The number of piperazine rings is 1. The van der Waals surface area contributed by atoms with E-state index in [9.17, 15) is 5.26 Å². The molecule has 0 N–H and O–H groups in total. The monoisotopic (exact) mass is 285 g/mol. The molecule has 0 aromatic heterocycles. The van der Waals surface area contributed by atoms with Gasteiger partial charge in [0.1, 0.15) is 0 Å². The summed E-state index contributed by atoms with van der Waals surface area (Å²) < 4.78 is 0. The molecule has 1 aromatic rings. The van der Waals surface area contributed by atoms with Crippen LogP contribution in [0.2, 0.25) is 0 Å². The second kappa shape index (κ2) is 7.59. The lowest BCUT2D eigenvalue weighted by Crippen LogP contribution is -2.49. The van der Waals surface area contributed by atoms with E-state index in [1.165, 1.54) is 16.7 Å². The molecule has 1 fully saturated rings. The van der Waals surface area contributed by atoms with Crippen molar-refractivity contribution in [3.63, 3.8) is 0 Å². The van der Waals surface area contributed by atoms with Gasteiger partial charge in [0, 0.05) is 32.7 Å². The Bertz CT molecular complexity index is 496. The van der Waals surface area contributed by atoms with Gasteiger partial charge in [0.15, 0.2) is 0 Å². The van der Waals surface area contributed by atoms with E-state index in [0.717, 1.165) is 45.6 Å². The highest BCUT2D eigenvalue weighted by Gasteiger charge is 2.23. The molecule has 0 bridgehead atoms. The molecule has 1 heterocycles. The summed E-state index contributed by atoms with van der Waals surface area (Å²) in [6.45, 7) is 11.7. The molecule has 21 heavy (non-hydrogen) atoms. The fourth-order valence-electron chi connectivity index (χ4n) is 3.05. The lowest BCUT2D eigenvalue weighted by molar-refractivity contribution is 0.106. The van der Waals surface area contributed by atoms with Gasteiger partial charge in [-0.05, 0) is 31.4 Å². The molecule has 1 aliphatic rings. The summed E-state index contributed by atoms with van der Waals surface area (Å²) in [5, 5.41) is 9.27. The van der Waals surface area contributed by atoms with Crippen molar-refractivity contribution in [2.45, 2.75) is 46.2 Å². The predicted octanol–water partition coefficient (Wildman–Crippen LogP) is 3.11. The second-order valence-corrected chi connectivity index (χ2v) is 6.18. The zero-order chi connectivity index (χ0) is 15.2. The van der Waals surface area contributed by atoms with Gasteiger partial charge in [-0.3, -0.25) is 9.80 Å². The zero-order valence-electron chi connectivity index (χ0n) is 13.6. The molecule has 0 radical (unpaired) electrons. The highest BCUT2D eigenvalue weighted by molar-refractivity contribution is 5.30. The first kappa shape index (κ1) is 16.0. The van der Waals surface area contributed by atoms with Gasteiger partial charge in [-0.15, -0.1) is 0 Å². The van der Waals surface area contributed by atoms with Gasteiger partial charge in [-0.2, -0.15) is 5.26 Å². The molecule has 0 saturated carbocycles. The first-order chi connectivity index (χ1) is 10.1.